The summed E-state index contributed by atoms with van der Waals surface area (Å²) < 4.78 is 11.9. The number of carbonyl (C=O) groups is 1. The van der Waals surface area contributed by atoms with Crippen LogP contribution < -0.4 is 9.47 Å². The second-order valence-electron chi connectivity index (χ2n) is 7.88. The van der Waals surface area contributed by atoms with Crippen molar-refractivity contribution in [3.8, 4) is 17.5 Å². The summed E-state index contributed by atoms with van der Waals surface area (Å²) in [6, 6.07) is 24.6. The Labute approximate surface area is 187 Å². The number of benzene rings is 3. The molecule has 4 aromatic rings. The number of nitrogens with zero attached hydrogens (tertiary/aromatic N) is 1. The fourth-order valence-electron chi connectivity index (χ4n) is 4.27. The van der Waals surface area contributed by atoms with Gasteiger partial charge in [0, 0.05) is 36.7 Å². The van der Waals surface area contributed by atoms with E-state index in [1.807, 2.05) is 60.7 Å². The molecule has 5 heteroatoms. The SMILES string of the molecule is O=C1CCC(c2ccccc2)c2cc(OCCc3ccccc3Oc3ncc[nH]3)ccc21. The summed E-state index contributed by atoms with van der Waals surface area (Å²) in [5, 5.41) is 0. The quantitative estimate of drug-likeness (QED) is 0.399. The summed E-state index contributed by atoms with van der Waals surface area (Å²) in [6.07, 6.45) is 5.49. The van der Waals surface area contributed by atoms with E-state index in [0.29, 0.717) is 25.5 Å². The van der Waals surface area contributed by atoms with E-state index in [1.165, 1.54) is 5.56 Å². The molecule has 5 rings (SSSR count). The lowest BCUT2D eigenvalue weighted by Gasteiger charge is -2.25. The number of ether oxygens (including phenoxy) is 2. The Hall–Kier alpha value is -3.86. The van der Waals surface area contributed by atoms with Gasteiger partial charge in [0.1, 0.15) is 11.5 Å². The van der Waals surface area contributed by atoms with E-state index >= 15 is 0 Å². The number of nitrogens with one attached hydrogen (secondary N) is 1. The van der Waals surface area contributed by atoms with Crippen LogP contribution in [0.2, 0.25) is 0 Å². The first kappa shape index (κ1) is 20.1. The lowest BCUT2D eigenvalue weighted by atomic mass is 9.78. The van der Waals surface area contributed by atoms with E-state index in [1.54, 1.807) is 12.4 Å². The van der Waals surface area contributed by atoms with Gasteiger partial charge in [-0.15, -0.1) is 0 Å². The molecular formula is C27H24N2O3. The van der Waals surface area contributed by atoms with Crippen LogP contribution in [0.3, 0.4) is 0 Å². The first-order valence-electron chi connectivity index (χ1n) is 10.9. The van der Waals surface area contributed by atoms with Crippen LogP contribution in [-0.4, -0.2) is 22.4 Å². The van der Waals surface area contributed by atoms with E-state index in [-0.39, 0.29) is 11.7 Å². The van der Waals surface area contributed by atoms with Crippen molar-refractivity contribution in [3.63, 3.8) is 0 Å². The number of H-pyrrole nitrogens is 1. The maximum absolute atomic E-state index is 12.5. The number of imidazole rings is 1. The van der Waals surface area contributed by atoms with Crippen LogP contribution in [0.5, 0.6) is 17.5 Å². The maximum Gasteiger partial charge on any atom is 0.299 e. The fraction of sp³-hybridized carbons (Fsp3) is 0.185. The molecule has 0 aliphatic heterocycles. The average Bonchev–Trinajstić information content (AvgIpc) is 3.34. The standard InChI is InChI=1S/C27H24N2O3/c30-25-13-12-22(19-6-2-1-3-7-19)24-18-21(10-11-23(24)25)31-17-14-20-8-4-5-9-26(20)32-27-28-15-16-29-27/h1-11,15-16,18,22H,12-14,17H2,(H,28,29). The highest BCUT2D eigenvalue weighted by Crippen LogP contribution is 2.38. The summed E-state index contributed by atoms with van der Waals surface area (Å²) in [6.45, 7) is 0.501. The Morgan fingerprint density at radius 3 is 2.69 bits per heavy atom. The predicted molar refractivity (Wildman–Crippen MR) is 123 cm³/mol. The first-order valence-corrected chi connectivity index (χ1v) is 10.9. The molecule has 1 heterocycles. The molecule has 0 bridgehead atoms. The minimum absolute atomic E-state index is 0.211. The van der Waals surface area contributed by atoms with Crippen LogP contribution in [0.25, 0.3) is 0 Å². The molecule has 1 unspecified atom stereocenters. The third-order valence-corrected chi connectivity index (χ3v) is 5.85. The number of para-hydroxylation sites is 1. The minimum Gasteiger partial charge on any atom is -0.493 e. The average molecular weight is 425 g/mol. The fourth-order valence-corrected chi connectivity index (χ4v) is 4.27. The molecule has 32 heavy (non-hydrogen) atoms. The highest BCUT2D eigenvalue weighted by molar-refractivity contribution is 5.99. The van der Waals surface area contributed by atoms with Gasteiger partial charge in [0.05, 0.1) is 6.61 Å². The number of ketones is 1. The third-order valence-electron chi connectivity index (χ3n) is 5.85. The number of rotatable bonds is 7. The van der Waals surface area contributed by atoms with E-state index < -0.39 is 0 Å². The molecule has 1 aliphatic rings. The summed E-state index contributed by atoms with van der Waals surface area (Å²) in [4.78, 5) is 19.6. The topological polar surface area (TPSA) is 64.2 Å². The zero-order valence-electron chi connectivity index (χ0n) is 17.7. The van der Waals surface area contributed by atoms with E-state index in [9.17, 15) is 4.79 Å². The predicted octanol–water partition coefficient (Wildman–Crippen LogP) is 5.93. The van der Waals surface area contributed by atoms with Crippen LogP contribution in [0.1, 0.15) is 45.8 Å². The van der Waals surface area contributed by atoms with Gasteiger partial charge in [-0.25, -0.2) is 4.98 Å². The Morgan fingerprint density at radius 1 is 1.00 bits per heavy atom. The van der Waals surface area contributed by atoms with Crippen LogP contribution in [0.4, 0.5) is 0 Å². The van der Waals surface area contributed by atoms with Gasteiger partial charge in [0.25, 0.3) is 6.01 Å². The van der Waals surface area contributed by atoms with Crippen LogP contribution in [0, 0.1) is 0 Å². The molecule has 1 aromatic heterocycles. The molecule has 0 saturated heterocycles. The molecule has 0 fully saturated rings. The van der Waals surface area contributed by atoms with Gasteiger partial charge in [-0.3, -0.25) is 4.79 Å². The molecule has 0 spiro atoms. The van der Waals surface area contributed by atoms with Gasteiger partial charge >= 0.3 is 0 Å². The van der Waals surface area contributed by atoms with Crippen molar-refractivity contribution in [2.24, 2.45) is 0 Å². The van der Waals surface area contributed by atoms with Gasteiger partial charge in [0.15, 0.2) is 5.78 Å². The van der Waals surface area contributed by atoms with Gasteiger partial charge in [0.2, 0.25) is 0 Å². The zero-order chi connectivity index (χ0) is 21.8. The van der Waals surface area contributed by atoms with Crippen molar-refractivity contribution in [2.75, 3.05) is 6.61 Å². The lowest BCUT2D eigenvalue weighted by molar-refractivity contribution is 0.0969. The second-order valence-corrected chi connectivity index (χ2v) is 7.88. The van der Waals surface area contributed by atoms with Gasteiger partial charge < -0.3 is 14.5 Å². The highest BCUT2D eigenvalue weighted by Gasteiger charge is 2.27. The Bertz CT molecular complexity index is 1200. The van der Waals surface area contributed by atoms with Crippen molar-refractivity contribution in [1.82, 2.24) is 9.97 Å². The van der Waals surface area contributed by atoms with E-state index in [0.717, 1.165) is 34.6 Å². The molecule has 1 atom stereocenters. The second kappa shape index (κ2) is 9.10. The van der Waals surface area contributed by atoms with Gasteiger partial charge in [-0.1, -0.05) is 48.5 Å². The Balaban J connectivity index is 1.31. The maximum atomic E-state index is 12.5. The zero-order valence-corrected chi connectivity index (χ0v) is 17.7. The van der Waals surface area contributed by atoms with Gasteiger partial charge in [-0.05, 0) is 47.4 Å². The monoisotopic (exact) mass is 424 g/mol. The molecule has 5 nitrogen and oxygen atoms in total. The summed E-state index contributed by atoms with van der Waals surface area (Å²) in [5.41, 5.74) is 4.16. The first-order chi connectivity index (χ1) is 15.8. The van der Waals surface area contributed by atoms with Crippen molar-refractivity contribution >= 4 is 5.78 Å². The van der Waals surface area contributed by atoms with E-state index in [2.05, 4.69) is 22.1 Å². The van der Waals surface area contributed by atoms with Crippen molar-refractivity contribution in [3.05, 3.63) is 107 Å². The molecular weight excluding hydrogens is 400 g/mol. The van der Waals surface area contributed by atoms with Crippen molar-refractivity contribution < 1.29 is 14.3 Å². The van der Waals surface area contributed by atoms with Crippen LogP contribution >= 0.6 is 0 Å². The molecule has 3 aromatic carbocycles. The normalized spacial score (nSPS) is 15.2. The Morgan fingerprint density at radius 2 is 1.84 bits per heavy atom. The summed E-state index contributed by atoms with van der Waals surface area (Å²) in [7, 11) is 0. The number of aromatic amines is 1. The summed E-state index contributed by atoms with van der Waals surface area (Å²) in [5.74, 6) is 1.97. The minimum atomic E-state index is 0.211. The molecule has 1 aliphatic carbocycles. The number of Topliss-reactive ketones (excluding diaryl/α,β-unsaturated/α-hetero) is 1. The number of carbonyl (C=O) groups excluding carboxylic acids is 1. The number of hydrogen-bond donors (Lipinski definition) is 1. The molecule has 0 radical (unpaired) electrons. The van der Waals surface area contributed by atoms with Crippen LogP contribution in [-0.2, 0) is 6.42 Å². The number of aromatic nitrogens is 2. The lowest BCUT2D eigenvalue weighted by Crippen LogP contribution is -2.17. The largest absolute Gasteiger partial charge is 0.493 e. The van der Waals surface area contributed by atoms with E-state index in [4.69, 9.17) is 9.47 Å². The number of fused-ring (bicyclic) bond motifs is 1. The molecule has 160 valence electrons. The van der Waals surface area contributed by atoms with Crippen molar-refractivity contribution in [1.29, 1.82) is 0 Å². The summed E-state index contributed by atoms with van der Waals surface area (Å²) >= 11 is 0. The molecule has 0 saturated carbocycles. The Kier molecular flexibility index (Phi) is 5.71. The number of hydrogen-bond acceptors (Lipinski definition) is 4. The third kappa shape index (κ3) is 4.28. The molecule has 1 N–H and O–H groups in total. The van der Waals surface area contributed by atoms with Gasteiger partial charge in [-0.2, -0.15) is 0 Å². The van der Waals surface area contributed by atoms with Crippen molar-refractivity contribution in [2.45, 2.75) is 25.2 Å². The smallest absolute Gasteiger partial charge is 0.299 e. The van der Waals surface area contributed by atoms with Crippen LogP contribution in [0.15, 0.2) is 85.2 Å². The highest BCUT2D eigenvalue weighted by atomic mass is 16.5. The molecule has 0 amide bonds.